The zero-order chi connectivity index (χ0) is 22.4. The first-order valence-electron chi connectivity index (χ1n) is 11.6. The van der Waals surface area contributed by atoms with Gasteiger partial charge in [0.15, 0.2) is 5.96 Å². The Hall–Kier alpha value is -1.35. The molecule has 1 rings (SSSR count). The number of carbonyl (C=O) groups excluding carboxylic acids is 1. The standard InChI is InChI=1S/C24H43N5O.HI/c1-7-19(5)23(30)28-22-15-11-14-21(17-22)18-26-24(25-8-2)27-20(6)13-12-16-29(9-3)10-4;/h11,14-15,17,19-20H,7-10,12-13,16,18H2,1-6H3,(H,28,30)(H2,25,26,27);1H. The lowest BCUT2D eigenvalue weighted by Gasteiger charge is -2.21. The number of benzene rings is 1. The second-order valence-corrected chi connectivity index (χ2v) is 7.91. The lowest BCUT2D eigenvalue weighted by Crippen LogP contribution is -2.42. The predicted molar refractivity (Wildman–Crippen MR) is 144 cm³/mol. The summed E-state index contributed by atoms with van der Waals surface area (Å²) in [4.78, 5) is 19.3. The molecule has 0 radical (unpaired) electrons. The van der Waals surface area contributed by atoms with E-state index in [0.717, 1.165) is 56.2 Å². The van der Waals surface area contributed by atoms with Gasteiger partial charge >= 0.3 is 0 Å². The Balaban J connectivity index is 0.00000900. The van der Waals surface area contributed by atoms with Gasteiger partial charge in [0.2, 0.25) is 5.91 Å². The summed E-state index contributed by atoms with van der Waals surface area (Å²) in [5, 5.41) is 9.85. The highest BCUT2D eigenvalue weighted by atomic mass is 127. The summed E-state index contributed by atoms with van der Waals surface area (Å²) in [7, 11) is 0. The topological polar surface area (TPSA) is 68.8 Å². The molecule has 7 heteroatoms. The molecule has 0 fully saturated rings. The van der Waals surface area contributed by atoms with Gasteiger partial charge in [-0.3, -0.25) is 4.79 Å². The fraction of sp³-hybridized carbons (Fsp3) is 0.667. The summed E-state index contributed by atoms with van der Waals surface area (Å²) in [5.41, 5.74) is 1.90. The summed E-state index contributed by atoms with van der Waals surface area (Å²) in [5.74, 6) is 0.910. The average Bonchev–Trinajstić information content (AvgIpc) is 2.74. The van der Waals surface area contributed by atoms with E-state index in [0.29, 0.717) is 12.6 Å². The van der Waals surface area contributed by atoms with Gasteiger partial charge in [-0.2, -0.15) is 0 Å². The molecule has 0 saturated carbocycles. The van der Waals surface area contributed by atoms with E-state index in [9.17, 15) is 4.79 Å². The van der Waals surface area contributed by atoms with E-state index < -0.39 is 0 Å². The Kier molecular flexibility index (Phi) is 16.5. The van der Waals surface area contributed by atoms with E-state index in [-0.39, 0.29) is 35.8 Å². The number of carbonyl (C=O) groups is 1. The SMILES string of the molecule is CCNC(=NCc1cccc(NC(=O)C(C)CC)c1)NC(C)CCCN(CC)CC.I. The average molecular weight is 546 g/mol. The Morgan fingerprint density at radius 1 is 1.13 bits per heavy atom. The molecular weight excluding hydrogens is 501 g/mol. The van der Waals surface area contributed by atoms with Crippen LogP contribution in [0, 0.1) is 5.92 Å². The first-order valence-corrected chi connectivity index (χ1v) is 11.6. The second-order valence-electron chi connectivity index (χ2n) is 7.91. The van der Waals surface area contributed by atoms with E-state index in [1.54, 1.807) is 0 Å². The fourth-order valence-corrected chi connectivity index (χ4v) is 3.16. The van der Waals surface area contributed by atoms with Crippen molar-refractivity contribution in [1.82, 2.24) is 15.5 Å². The van der Waals surface area contributed by atoms with Crippen LogP contribution in [0.25, 0.3) is 0 Å². The zero-order valence-electron chi connectivity index (χ0n) is 20.3. The third-order valence-electron chi connectivity index (χ3n) is 5.41. The molecule has 178 valence electrons. The Labute approximate surface area is 207 Å². The van der Waals surface area contributed by atoms with Crippen molar-refractivity contribution in [2.24, 2.45) is 10.9 Å². The van der Waals surface area contributed by atoms with E-state index >= 15 is 0 Å². The molecule has 0 aliphatic rings. The molecule has 0 saturated heterocycles. The van der Waals surface area contributed by atoms with Crippen LogP contribution in [0.1, 0.15) is 66.4 Å². The molecule has 1 amide bonds. The largest absolute Gasteiger partial charge is 0.357 e. The number of hydrogen-bond acceptors (Lipinski definition) is 3. The molecule has 3 N–H and O–H groups in total. The molecule has 2 atom stereocenters. The highest BCUT2D eigenvalue weighted by molar-refractivity contribution is 14.0. The number of guanidine groups is 1. The number of nitrogens with one attached hydrogen (secondary N) is 3. The van der Waals surface area contributed by atoms with Crippen molar-refractivity contribution in [2.75, 3.05) is 31.5 Å². The molecule has 0 spiro atoms. The van der Waals surface area contributed by atoms with Gasteiger partial charge in [-0.15, -0.1) is 24.0 Å². The molecule has 0 heterocycles. The molecule has 31 heavy (non-hydrogen) atoms. The number of aliphatic imine (C=N–C) groups is 1. The monoisotopic (exact) mass is 545 g/mol. The summed E-state index contributed by atoms with van der Waals surface area (Å²) in [6, 6.07) is 8.29. The van der Waals surface area contributed by atoms with Gasteiger partial charge in [-0.05, 0) is 70.4 Å². The van der Waals surface area contributed by atoms with Gasteiger partial charge < -0.3 is 20.9 Å². The van der Waals surface area contributed by atoms with Gasteiger partial charge in [0.05, 0.1) is 6.54 Å². The third-order valence-corrected chi connectivity index (χ3v) is 5.41. The van der Waals surface area contributed by atoms with Gasteiger partial charge in [0.25, 0.3) is 0 Å². The van der Waals surface area contributed by atoms with Crippen molar-refractivity contribution in [1.29, 1.82) is 0 Å². The molecule has 0 aliphatic carbocycles. The Morgan fingerprint density at radius 3 is 2.45 bits per heavy atom. The van der Waals surface area contributed by atoms with Gasteiger partial charge in [-0.25, -0.2) is 4.99 Å². The van der Waals surface area contributed by atoms with Crippen molar-refractivity contribution < 1.29 is 4.79 Å². The number of anilines is 1. The molecule has 1 aromatic rings. The molecule has 0 bridgehead atoms. The van der Waals surface area contributed by atoms with E-state index in [1.807, 2.05) is 38.1 Å². The van der Waals surface area contributed by atoms with E-state index in [2.05, 4.69) is 48.5 Å². The Morgan fingerprint density at radius 2 is 1.84 bits per heavy atom. The van der Waals surface area contributed by atoms with Crippen LogP contribution in [0.4, 0.5) is 5.69 Å². The summed E-state index contributed by atoms with van der Waals surface area (Å²) in [6.07, 6.45) is 3.12. The first-order chi connectivity index (χ1) is 14.4. The van der Waals surface area contributed by atoms with Crippen LogP contribution in [0.15, 0.2) is 29.3 Å². The van der Waals surface area contributed by atoms with Crippen molar-refractivity contribution >= 4 is 41.5 Å². The van der Waals surface area contributed by atoms with Crippen LogP contribution in [0.2, 0.25) is 0 Å². The quantitative estimate of drug-likeness (QED) is 0.188. The van der Waals surface area contributed by atoms with Crippen molar-refractivity contribution in [3.63, 3.8) is 0 Å². The van der Waals surface area contributed by atoms with Crippen LogP contribution < -0.4 is 16.0 Å². The van der Waals surface area contributed by atoms with E-state index in [1.165, 1.54) is 6.42 Å². The van der Waals surface area contributed by atoms with E-state index in [4.69, 9.17) is 4.99 Å². The number of rotatable bonds is 13. The Bertz CT molecular complexity index is 649. The maximum absolute atomic E-state index is 12.1. The predicted octanol–water partition coefficient (Wildman–Crippen LogP) is 4.85. The minimum absolute atomic E-state index is 0. The summed E-state index contributed by atoms with van der Waals surface area (Å²) in [6.45, 7) is 17.4. The van der Waals surface area contributed by atoms with Crippen LogP contribution in [-0.2, 0) is 11.3 Å². The molecule has 6 nitrogen and oxygen atoms in total. The lowest BCUT2D eigenvalue weighted by atomic mass is 10.1. The van der Waals surface area contributed by atoms with Gasteiger partial charge in [-0.1, -0.05) is 39.8 Å². The summed E-state index contributed by atoms with van der Waals surface area (Å²) < 4.78 is 0. The summed E-state index contributed by atoms with van der Waals surface area (Å²) >= 11 is 0. The lowest BCUT2D eigenvalue weighted by molar-refractivity contribution is -0.119. The number of halogens is 1. The molecule has 0 aliphatic heterocycles. The molecule has 1 aromatic carbocycles. The smallest absolute Gasteiger partial charge is 0.227 e. The van der Waals surface area contributed by atoms with Gasteiger partial charge in [0.1, 0.15) is 0 Å². The van der Waals surface area contributed by atoms with Crippen molar-refractivity contribution in [2.45, 2.75) is 73.4 Å². The zero-order valence-corrected chi connectivity index (χ0v) is 22.7. The van der Waals surface area contributed by atoms with Crippen LogP contribution in [0.5, 0.6) is 0 Å². The normalized spacial score (nSPS) is 13.3. The minimum atomic E-state index is 0. The molecule has 0 aromatic heterocycles. The first kappa shape index (κ1) is 29.7. The maximum Gasteiger partial charge on any atom is 0.227 e. The molecular formula is C24H44IN5O. The van der Waals surface area contributed by atoms with Crippen LogP contribution in [0.3, 0.4) is 0 Å². The second kappa shape index (κ2) is 17.2. The van der Waals surface area contributed by atoms with Gasteiger partial charge in [0, 0.05) is 24.2 Å². The minimum Gasteiger partial charge on any atom is -0.357 e. The van der Waals surface area contributed by atoms with Crippen molar-refractivity contribution in [3.8, 4) is 0 Å². The van der Waals surface area contributed by atoms with Crippen molar-refractivity contribution in [3.05, 3.63) is 29.8 Å². The highest BCUT2D eigenvalue weighted by Crippen LogP contribution is 2.14. The van der Waals surface area contributed by atoms with Crippen LogP contribution in [-0.4, -0.2) is 49.0 Å². The maximum atomic E-state index is 12.1. The third kappa shape index (κ3) is 12.3. The fourth-order valence-electron chi connectivity index (χ4n) is 3.16. The highest BCUT2D eigenvalue weighted by Gasteiger charge is 2.11. The van der Waals surface area contributed by atoms with Crippen LogP contribution >= 0.6 is 24.0 Å². The molecule has 2 unspecified atom stereocenters. The number of hydrogen-bond donors (Lipinski definition) is 3. The number of amides is 1. The number of nitrogens with zero attached hydrogens (tertiary/aromatic N) is 2.